The lowest BCUT2D eigenvalue weighted by molar-refractivity contribution is 0.0925. The van der Waals surface area contributed by atoms with Gasteiger partial charge in [0.1, 0.15) is 0 Å². The highest BCUT2D eigenvalue weighted by molar-refractivity contribution is 6.16. The molecule has 1 aliphatic heterocycles. The highest BCUT2D eigenvalue weighted by Crippen LogP contribution is 2.48. The number of benzene rings is 3. The molecule has 3 heteroatoms. The van der Waals surface area contributed by atoms with Gasteiger partial charge in [-0.2, -0.15) is 0 Å². The van der Waals surface area contributed by atoms with Crippen molar-refractivity contribution in [3.8, 4) is 0 Å². The van der Waals surface area contributed by atoms with Gasteiger partial charge in [0.25, 0.3) is 0 Å². The second kappa shape index (κ2) is 7.61. The van der Waals surface area contributed by atoms with Gasteiger partial charge in [-0.05, 0) is 50.3 Å². The van der Waals surface area contributed by atoms with Gasteiger partial charge in [-0.1, -0.05) is 72.8 Å². The monoisotopic (exact) mass is 370 g/mol. The summed E-state index contributed by atoms with van der Waals surface area (Å²) < 4.78 is 0. The van der Waals surface area contributed by atoms with Gasteiger partial charge in [0.05, 0.1) is 0 Å². The van der Waals surface area contributed by atoms with E-state index in [-0.39, 0.29) is 5.78 Å². The first-order valence-corrected chi connectivity index (χ1v) is 9.83. The van der Waals surface area contributed by atoms with Crippen molar-refractivity contribution in [1.29, 1.82) is 0 Å². The molecule has 1 heterocycles. The smallest absolute Gasteiger partial charge is 0.199 e. The van der Waals surface area contributed by atoms with Gasteiger partial charge in [-0.15, -0.1) is 0 Å². The molecule has 3 nitrogen and oxygen atoms in total. The third kappa shape index (κ3) is 2.92. The van der Waals surface area contributed by atoms with Gasteiger partial charge in [0.15, 0.2) is 11.3 Å². The maximum Gasteiger partial charge on any atom is 0.199 e. The summed E-state index contributed by atoms with van der Waals surface area (Å²) in [5.74, 6) is 0.158. The number of ketones is 1. The lowest BCUT2D eigenvalue weighted by Crippen LogP contribution is -2.49. The fraction of sp³-hybridized carbons (Fsp3) is 0.240. The van der Waals surface area contributed by atoms with E-state index in [1.54, 1.807) is 0 Å². The van der Waals surface area contributed by atoms with Crippen LogP contribution < -0.4 is 4.90 Å². The number of carbonyl (C=O) groups excluding carboxylic acids is 1. The number of hydrogen-bond acceptors (Lipinski definition) is 3. The lowest BCUT2D eigenvalue weighted by atomic mass is 9.78. The van der Waals surface area contributed by atoms with Crippen molar-refractivity contribution in [3.63, 3.8) is 0 Å². The average molecular weight is 370 g/mol. The minimum atomic E-state index is -0.821. The molecule has 0 unspecified atom stereocenters. The molecule has 3 aromatic carbocycles. The zero-order chi connectivity index (χ0) is 19.6. The van der Waals surface area contributed by atoms with E-state index in [1.165, 1.54) is 0 Å². The quantitative estimate of drug-likeness (QED) is 0.634. The van der Waals surface area contributed by atoms with E-state index < -0.39 is 5.54 Å². The maximum absolute atomic E-state index is 14.0. The van der Waals surface area contributed by atoms with Crippen molar-refractivity contribution < 1.29 is 4.79 Å². The van der Waals surface area contributed by atoms with Gasteiger partial charge in [0.2, 0.25) is 0 Å². The van der Waals surface area contributed by atoms with Gasteiger partial charge in [-0.3, -0.25) is 4.79 Å². The molecule has 0 bridgehead atoms. The van der Waals surface area contributed by atoms with Gasteiger partial charge in [-0.25, -0.2) is 0 Å². The summed E-state index contributed by atoms with van der Waals surface area (Å²) >= 11 is 0. The summed E-state index contributed by atoms with van der Waals surface area (Å²) in [4.78, 5) is 18.5. The molecule has 0 fully saturated rings. The first-order valence-electron chi connectivity index (χ1n) is 9.83. The number of hydrogen-bond donors (Lipinski definition) is 0. The minimum Gasteiger partial charge on any atom is -0.350 e. The van der Waals surface area contributed by atoms with Crippen LogP contribution in [0.2, 0.25) is 0 Å². The Morgan fingerprint density at radius 2 is 1.32 bits per heavy atom. The number of fused-ring (bicyclic) bond motifs is 1. The Morgan fingerprint density at radius 1 is 0.786 bits per heavy atom. The maximum atomic E-state index is 14.0. The lowest BCUT2D eigenvalue weighted by Gasteiger charge is -2.40. The molecule has 28 heavy (non-hydrogen) atoms. The zero-order valence-corrected chi connectivity index (χ0v) is 16.5. The van der Waals surface area contributed by atoms with E-state index in [0.29, 0.717) is 0 Å². The molecule has 3 aromatic rings. The fourth-order valence-electron chi connectivity index (χ4n) is 4.33. The first kappa shape index (κ1) is 18.5. The zero-order valence-electron chi connectivity index (χ0n) is 16.5. The first-order chi connectivity index (χ1) is 13.7. The molecule has 0 saturated heterocycles. The van der Waals surface area contributed by atoms with Gasteiger partial charge >= 0.3 is 0 Å². The number of nitrogens with zero attached hydrogens (tertiary/aromatic N) is 2. The van der Waals surface area contributed by atoms with Crippen LogP contribution >= 0.6 is 0 Å². The summed E-state index contributed by atoms with van der Waals surface area (Å²) in [5, 5.41) is 0. The van der Waals surface area contributed by atoms with Crippen molar-refractivity contribution in [3.05, 3.63) is 102 Å². The molecule has 0 amide bonds. The Hall–Kier alpha value is -2.91. The molecule has 0 spiro atoms. The SMILES string of the molecule is CN(C)CCCN1c2ccccc2C(=O)C1(c1ccccc1)c1ccccc1. The van der Waals surface area contributed by atoms with Crippen molar-refractivity contribution in [2.45, 2.75) is 12.0 Å². The van der Waals surface area contributed by atoms with Crippen LogP contribution in [0.5, 0.6) is 0 Å². The largest absolute Gasteiger partial charge is 0.350 e. The third-order valence-corrected chi connectivity index (χ3v) is 5.54. The van der Waals surface area contributed by atoms with Crippen LogP contribution in [0.15, 0.2) is 84.9 Å². The Balaban J connectivity index is 1.93. The molecule has 142 valence electrons. The van der Waals surface area contributed by atoms with Crippen LogP contribution in [0.4, 0.5) is 5.69 Å². The Bertz CT molecular complexity index is 911. The molecule has 0 atom stereocenters. The van der Waals surface area contributed by atoms with E-state index in [0.717, 1.165) is 41.9 Å². The highest BCUT2D eigenvalue weighted by Gasteiger charge is 2.53. The van der Waals surface area contributed by atoms with Crippen molar-refractivity contribution in [1.82, 2.24) is 4.90 Å². The molecule has 0 aliphatic carbocycles. The van der Waals surface area contributed by atoms with Crippen molar-refractivity contribution in [2.24, 2.45) is 0 Å². The van der Waals surface area contributed by atoms with E-state index in [2.05, 4.69) is 54.2 Å². The van der Waals surface area contributed by atoms with Gasteiger partial charge in [0, 0.05) is 17.8 Å². The van der Waals surface area contributed by atoms with Crippen LogP contribution in [0, 0.1) is 0 Å². The van der Waals surface area contributed by atoms with Crippen LogP contribution in [-0.4, -0.2) is 37.9 Å². The number of carbonyl (C=O) groups is 1. The summed E-state index contributed by atoms with van der Waals surface area (Å²) in [5.41, 5.74) is 3.05. The number of rotatable bonds is 6. The standard InChI is InChI=1S/C25H26N2O/c1-26(2)18-11-19-27-23-17-10-9-16-22(23)24(28)25(27,20-12-5-3-6-13-20)21-14-7-4-8-15-21/h3-10,12-17H,11,18-19H2,1-2H3. The predicted octanol–water partition coefficient (Wildman–Crippen LogP) is 4.58. The molecule has 4 rings (SSSR count). The minimum absolute atomic E-state index is 0.158. The van der Waals surface area contributed by atoms with E-state index in [1.807, 2.05) is 54.6 Å². The Kier molecular flexibility index (Phi) is 5.01. The Labute approximate surface area is 167 Å². The predicted molar refractivity (Wildman–Crippen MR) is 115 cm³/mol. The number of Topliss-reactive ketones (excluding diaryl/α,β-unsaturated/α-hetero) is 1. The van der Waals surface area contributed by atoms with Crippen LogP contribution in [0.3, 0.4) is 0 Å². The second-order valence-electron chi connectivity index (χ2n) is 7.60. The molecule has 0 radical (unpaired) electrons. The topological polar surface area (TPSA) is 23.6 Å². The van der Waals surface area contributed by atoms with E-state index in [9.17, 15) is 4.79 Å². The average Bonchev–Trinajstić information content (AvgIpc) is 2.99. The molecule has 0 N–H and O–H groups in total. The normalized spacial score (nSPS) is 15.1. The van der Waals surface area contributed by atoms with E-state index >= 15 is 0 Å². The summed E-state index contributed by atoms with van der Waals surface area (Å²) in [6.45, 7) is 1.79. The van der Waals surface area contributed by atoms with Crippen molar-refractivity contribution >= 4 is 11.5 Å². The molecule has 0 aromatic heterocycles. The summed E-state index contributed by atoms with van der Waals surface area (Å²) in [6, 6.07) is 28.4. The highest BCUT2D eigenvalue weighted by atomic mass is 16.1. The fourth-order valence-corrected chi connectivity index (χ4v) is 4.33. The summed E-state index contributed by atoms with van der Waals surface area (Å²) in [7, 11) is 4.18. The van der Waals surface area contributed by atoms with E-state index in [4.69, 9.17) is 0 Å². The van der Waals surface area contributed by atoms with Crippen LogP contribution in [0.25, 0.3) is 0 Å². The molecule has 1 aliphatic rings. The number of para-hydroxylation sites is 1. The van der Waals surface area contributed by atoms with Crippen LogP contribution in [0.1, 0.15) is 27.9 Å². The Morgan fingerprint density at radius 3 is 1.89 bits per heavy atom. The second-order valence-corrected chi connectivity index (χ2v) is 7.60. The molecular formula is C25H26N2O. The van der Waals surface area contributed by atoms with Crippen LogP contribution in [-0.2, 0) is 5.54 Å². The molecular weight excluding hydrogens is 344 g/mol. The molecule has 0 saturated carbocycles. The van der Waals surface area contributed by atoms with Crippen molar-refractivity contribution in [2.75, 3.05) is 32.1 Å². The summed E-state index contributed by atoms with van der Waals surface area (Å²) in [6.07, 6.45) is 0.982. The number of anilines is 1. The third-order valence-electron chi connectivity index (χ3n) is 5.54. The van der Waals surface area contributed by atoms with Gasteiger partial charge < -0.3 is 9.80 Å².